The summed E-state index contributed by atoms with van der Waals surface area (Å²) in [6.45, 7) is -3.75. The van der Waals surface area contributed by atoms with E-state index in [0.717, 1.165) is 4.47 Å². The Kier molecular flexibility index (Phi) is 4.41. The lowest BCUT2D eigenvalue weighted by Gasteiger charge is -2.13. The summed E-state index contributed by atoms with van der Waals surface area (Å²) in [5.74, 6) is 0.128. The van der Waals surface area contributed by atoms with E-state index in [0.29, 0.717) is 4.47 Å². The van der Waals surface area contributed by atoms with E-state index < -0.39 is 6.72 Å². The summed E-state index contributed by atoms with van der Waals surface area (Å²) >= 11 is 16.5. The Hall–Kier alpha value is 0.840. The van der Waals surface area contributed by atoms with E-state index in [-0.39, 0.29) is 10.8 Å². The molecule has 78 valence electrons. The van der Waals surface area contributed by atoms with E-state index in [2.05, 4.69) is 43.7 Å². The second-order valence-electron chi connectivity index (χ2n) is 2.28. The molecule has 0 bridgehead atoms. The predicted molar refractivity (Wildman–Crippen MR) is 66.2 cm³/mol. The molecule has 0 aliphatic rings. The maximum absolute atomic E-state index is 8.96. The highest BCUT2D eigenvalue weighted by molar-refractivity contribution is 9.11. The average molecular weight is 382 g/mol. The van der Waals surface area contributed by atoms with Crippen LogP contribution in [0.25, 0.3) is 0 Å². The minimum absolute atomic E-state index is 0.128. The van der Waals surface area contributed by atoms with Gasteiger partial charge in [-0.3, -0.25) is 0 Å². The first kappa shape index (κ1) is 12.9. The molecule has 0 saturated carbocycles. The van der Waals surface area contributed by atoms with Crippen LogP contribution in [-0.2, 0) is 11.8 Å². The molecule has 1 aromatic carbocycles. The number of halogens is 3. The molecule has 0 saturated heterocycles. The van der Waals surface area contributed by atoms with Crippen molar-refractivity contribution in [3.63, 3.8) is 0 Å². The Labute approximate surface area is 108 Å². The number of benzene rings is 1. The summed E-state index contributed by atoms with van der Waals surface area (Å²) in [6, 6.07) is 3.22. The fourth-order valence-corrected chi connectivity index (χ4v) is 3.38. The highest BCUT2D eigenvalue weighted by atomic mass is 79.9. The second-order valence-corrected chi connectivity index (χ2v) is 7.05. The van der Waals surface area contributed by atoms with Gasteiger partial charge in [-0.2, -0.15) is 0 Å². The molecule has 14 heavy (non-hydrogen) atoms. The molecule has 1 rings (SSSR count). The third-order valence-corrected chi connectivity index (χ3v) is 3.14. The third kappa shape index (κ3) is 3.77. The minimum Gasteiger partial charge on any atom is -0.422 e. The molecule has 0 fully saturated rings. The number of rotatable bonds is 2. The van der Waals surface area contributed by atoms with Crippen LogP contribution in [0.3, 0.4) is 0 Å². The van der Waals surface area contributed by atoms with Gasteiger partial charge in [-0.05, 0) is 28.1 Å². The molecule has 0 amide bonds. The largest absolute Gasteiger partial charge is 0.422 e. The molecule has 0 aliphatic carbocycles. The van der Waals surface area contributed by atoms with Crippen LogP contribution in [0.5, 0.6) is 5.75 Å². The smallest absolute Gasteiger partial charge is 0.375 e. The van der Waals surface area contributed by atoms with Crippen LogP contribution in [-0.4, -0.2) is 9.79 Å². The lowest BCUT2D eigenvalue weighted by molar-refractivity contribution is 0.370. The molecule has 0 aromatic heterocycles. The summed E-state index contributed by atoms with van der Waals surface area (Å²) < 4.78 is 5.99. The van der Waals surface area contributed by atoms with Gasteiger partial charge in [-0.25, -0.2) is 0 Å². The Morgan fingerprint density at radius 2 is 1.93 bits per heavy atom. The van der Waals surface area contributed by atoms with Crippen molar-refractivity contribution < 1.29 is 14.3 Å². The van der Waals surface area contributed by atoms with Crippen LogP contribution in [0.4, 0.5) is 0 Å². The first-order valence-corrected chi connectivity index (χ1v) is 7.78. The van der Waals surface area contributed by atoms with E-state index in [1.165, 1.54) is 0 Å². The molecule has 3 nitrogen and oxygen atoms in total. The van der Waals surface area contributed by atoms with E-state index in [1.54, 1.807) is 12.1 Å². The SMILES string of the molecule is OP(O)(=S)Oc1c(Cl)cc(Br)cc1Br. The van der Waals surface area contributed by atoms with Gasteiger partial charge in [0.25, 0.3) is 0 Å². The van der Waals surface area contributed by atoms with Gasteiger partial charge in [0.15, 0.2) is 5.75 Å². The molecular formula is C6H4Br2ClO3PS. The van der Waals surface area contributed by atoms with Crippen molar-refractivity contribution in [2.24, 2.45) is 0 Å². The summed E-state index contributed by atoms with van der Waals surface area (Å²) in [5.41, 5.74) is 0. The van der Waals surface area contributed by atoms with Crippen molar-refractivity contribution in [3.8, 4) is 5.75 Å². The van der Waals surface area contributed by atoms with Crippen molar-refractivity contribution in [1.29, 1.82) is 0 Å². The lowest BCUT2D eigenvalue weighted by Crippen LogP contribution is -1.91. The standard InChI is InChI=1S/C6H4Br2ClO3PS/c7-3-1-4(8)6(5(9)2-3)12-13(10,11)14/h1-2H,(H2,10,11,14). The average Bonchev–Trinajstić information content (AvgIpc) is 1.95. The van der Waals surface area contributed by atoms with Crippen molar-refractivity contribution in [1.82, 2.24) is 0 Å². The van der Waals surface area contributed by atoms with Crippen molar-refractivity contribution >= 4 is 62.0 Å². The van der Waals surface area contributed by atoms with Gasteiger partial charge in [0.05, 0.1) is 9.50 Å². The van der Waals surface area contributed by atoms with Gasteiger partial charge in [0.2, 0.25) is 0 Å². The Morgan fingerprint density at radius 1 is 1.36 bits per heavy atom. The lowest BCUT2D eigenvalue weighted by atomic mass is 10.3. The summed E-state index contributed by atoms with van der Waals surface area (Å²) in [6.07, 6.45) is 0. The molecule has 8 heteroatoms. The van der Waals surface area contributed by atoms with Gasteiger partial charge in [0, 0.05) is 16.3 Å². The highest BCUT2D eigenvalue weighted by Gasteiger charge is 2.16. The van der Waals surface area contributed by atoms with Crippen LogP contribution >= 0.6 is 50.2 Å². The van der Waals surface area contributed by atoms with Crippen LogP contribution in [0, 0.1) is 0 Å². The van der Waals surface area contributed by atoms with Crippen molar-refractivity contribution in [2.75, 3.05) is 0 Å². The monoisotopic (exact) mass is 380 g/mol. The zero-order valence-electron chi connectivity index (χ0n) is 6.45. The second kappa shape index (κ2) is 4.78. The molecule has 0 radical (unpaired) electrons. The van der Waals surface area contributed by atoms with Gasteiger partial charge >= 0.3 is 6.72 Å². The van der Waals surface area contributed by atoms with Gasteiger partial charge in [-0.15, -0.1) is 0 Å². The van der Waals surface area contributed by atoms with E-state index in [4.69, 9.17) is 25.9 Å². The Morgan fingerprint density at radius 3 is 2.36 bits per heavy atom. The minimum atomic E-state index is -3.75. The summed E-state index contributed by atoms with van der Waals surface area (Å²) in [4.78, 5) is 17.9. The Bertz CT molecular complexity index is 385. The summed E-state index contributed by atoms with van der Waals surface area (Å²) in [7, 11) is 0. The molecule has 0 unspecified atom stereocenters. The van der Waals surface area contributed by atoms with Crippen molar-refractivity contribution in [2.45, 2.75) is 0 Å². The van der Waals surface area contributed by atoms with Gasteiger partial charge < -0.3 is 14.3 Å². The number of hydrogen-bond acceptors (Lipinski definition) is 2. The third-order valence-electron chi connectivity index (χ3n) is 1.17. The highest BCUT2D eigenvalue weighted by Crippen LogP contribution is 2.45. The van der Waals surface area contributed by atoms with Crippen molar-refractivity contribution in [3.05, 3.63) is 26.1 Å². The quantitative estimate of drug-likeness (QED) is 0.770. The fraction of sp³-hybridized carbons (Fsp3) is 0. The first-order valence-electron chi connectivity index (χ1n) is 3.19. The molecule has 1 aromatic rings. The Balaban J connectivity index is 3.15. The predicted octanol–water partition coefficient (Wildman–Crippen LogP) is 3.45. The fourth-order valence-electron chi connectivity index (χ4n) is 0.735. The van der Waals surface area contributed by atoms with E-state index in [9.17, 15) is 0 Å². The first-order chi connectivity index (χ1) is 6.29. The molecule has 2 N–H and O–H groups in total. The summed E-state index contributed by atoms with van der Waals surface area (Å²) in [5, 5.41) is 0.239. The van der Waals surface area contributed by atoms with Crippen LogP contribution in [0.1, 0.15) is 0 Å². The maximum Gasteiger partial charge on any atom is 0.375 e. The van der Waals surface area contributed by atoms with Gasteiger partial charge in [-0.1, -0.05) is 27.5 Å². The molecule has 0 spiro atoms. The molecule has 0 atom stereocenters. The zero-order valence-corrected chi connectivity index (χ0v) is 12.1. The van der Waals surface area contributed by atoms with E-state index in [1.807, 2.05) is 0 Å². The zero-order chi connectivity index (χ0) is 10.9. The van der Waals surface area contributed by atoms with Gasteiger partial charge in [0.1, 0.15) is 0 Å². The topological polar surface area (TPSA) is 49.7 Å². The molecule has 0 aliphatic heterocycles. The van der Waals surface area contributed by atoms with Crippen LogP contribution in [0.15, 0.2) is 21.1 Å². The van der Waals surface area contributed by atoms with Crippen LogP contribution < -0.4 is 4.52 Å². The number of hydrogen-bond donors (Lipinski definition) is 2. The molecular weight excluding hydrogens is 378 g/mol. The van der Waals surface area contributed by atoms with E-state index >= 15 is 0 Å². The maximum atomic E-state index is 8.96. The van der Waals surface area contributed by atoms with Crippen LogP contribution in [0.2, 0.25) is 5.02 Å². The normalized spacial score (nSPS) is 11.5. The molecule has 0 heterocycles.